The van der Waals surface area contributed by atoms with Crippen LogP contribution in [0.3, 0.4) is 0 Å². The van der Waals surface area contributed by atoms with Gasteiger partial charge in [0.25, 0.3) is 0 Å². The van der Waals surface area contributed by atoms with Crippen molar-refractivity contribution in [2.45, 2.75) is 6.42 Å². The van der Waals surface area contributed by atoms with E-state index in [-0.39, 0.29) is 18.5 Å². The number of hydrogen-bond donors (Lipinski definition) is 1. The molecule has 1 heterocycles. The minimum Gasteiger partial charge on any atom is -0.454 e. The van der Waals surface area contributed by atoms with Crippen molar-refractivity contribution < 1.29 is 22.7 Å². The number of fused-ring (bicyclic) bond motifs is 1. The number of hydrogen-bond acceptors (Lipinski definition) is 5. The summed E-state index contributed by atoms with van der Waals surface area (Å²) in [5.74, 6) is 1.16. The van der Waals surface area contributed by atoms with Gasteiger partial charge in [0.2, 0.25) is 12.7 Å². The molecule has 21 heavy (non-hydrogen) atoms. The standard InChI is InChI=1S/C14H17NO5S/c1-21(17,18)8-2-7-15-14(16)6-4-11-3-5-12-13(9-11)20-10-19-12/h3-6,9H,2,7-8,10H2,1H3,(H,15,16)/b6-4+. The van der Waals surface area contributed by atoms with Crippen LogP contribution < -0.4 is 14.8 Å². The summed E-state index contributed by atoms with van der Waals surface area (Å²) in [6.45, 7) is 0.542. The van der Waals surface area contributed by atoms with Gasteiger partial charge in [-0.25, -0.2) is 8.42 Å². The van der Waals surface area contributed by atoms with Gasteiger partial charge < -0.3 is 14.8 Å². The Morgan fingerprint density at radius 2 is 2.10 bits per heavy atom. The number of benzene rings is 1. The molecule has 0 saturated heterocycles. The highest BCUT2D eigenvalue weighted by molar-refractivity contribution is 7.90. The second-order valence-electron chi connectivity index (χ2n) is 4.72. The maximum atomic E-state index is 11.6. The fourth-order valence-corrected chi connectivity index (χ4v) is 2.46. The Balaban J connectivity index is 1.79. The molecule has 0 fully saturated rings. The lowest BCUT2D eigenvalue weighted by Gasteiger charge is -2.01. The van der Waals surface area contributed by atoms with Gasteiger partial charge >= 0.3 is 0 Å². The predicted octanol–water partition coefficient (Wildman–Crippen LogP) is 0.979. The molecular formula is C14H17NO5S. The van der Waals surface area contributed by atoms with Gasteiger partial charge in [-0.3, -0.25) is 4.79 Å². The van der Waals surface area contributed by atoms with E-state index in [1.54, 1.807) is 18.2 Å². The predicted molar refractivity (Wildman–Crippen MR) is 78.9 cm³/mol. The Morgan fingerprint density at radius 1 is 1.33 bits per heavy atom. The molecule has 6 nitrogen and oxygen atoms in total. The lowest BCUT2D eigenvalue weighted by atomic mass is 10.2. The fourth-order valence-electron chi connectivity index (χ4n) is 1.79. The zero-order chi connectivity index (χ0) is 15.3. The third-order valence-electron chi connectivity index (χ3n) is 2.81. The van der Waals surface area contributed by atoms with E-state index in [0.29, 0.717) is 24.5 Å². The molecule has 7 heteroatoms. The van der Waals surface area contributed by atoms with Gasteiger partial charge in [-0.05, 0) is 30.2 Å². The monoisotopic (exact) mass is 311 g/mol. The van der Waals surface area contributed by atoms with Crippen molar-refractivity contribution in [1.29, 1.82) is 0 Å². The summed E-state index contributed by atoms with van der Waals surface area (Å²) in [7, 11) is -2.98. The van der Waals surface area contributed by atoms with Crippen molar-refractivity contribution in [3.63, 3.8) is 0 Å². The van der Waals surface area contributed by atoms with Crippen LogP contribution in [0.4, 0.5) is 0 Å². The Bertz CT molecular complexity index is 651. The molecule has 1 aliphatic heterocycles. The Labute approximate surface area is 123 Å². The number of nitrogens with one attached hydrogen (secondary N) is 1. The molecule has 0 atom stereocenters. The lowest BCUT2D eigenvalue weighted by molar-refractivity contribution is -0.116. The van der Waals surface area contributed by atoms with Gasteiger partial charge in [-0.15, -0.1) is 0 Å². The topological polar surface area (TPSA) is 81.7 Å². The van der Waals surface area contributed by atoms with E-state index >= 15 is 0 Å². The third-order valence-corrected chi connectivity index (χ3v) is 3.85. The van der Waals surface area contributed by atoms with Crippen molar-refractivity contribution in [3.8, 4) is 11.5 Å². The molecular weight excluding hydrogens is 294 g/mol. The minimum absolute atomic E-state index is 0.0686. The molecule has 1 aliphatic rings. The van der Waals surface area contributed by atoms with E-state index in [1.165, 1.54) is 12.3 Å². The molecule has 0 saturated carbocycles. The van der Waals surface area contributed by atoms with Crippen LogP contribution in [-0.4, -0.2) is 39.7 Å². The van der Waals surface area contributed by atoms with E-state index in [0.717, 1.165) is 5.56 Å². The number of carbonyl (C=O) groups is 1. The molecule has 114 valence electrons. The number of ether oxygens (including phenoxy) is 2. The molecule has 0 unspecified atom stereocenters. The first-order valence-corrected chi connectivity index (χ1v) is 8.53. The average molecular weight is 311 g/mol. The highest BCUT2D eigenvalue weighted by Crippen LogP contribution is 2.32. The van der Waals surface area contributed by atoms with Crippen LogP contribution in [0.25, 0.3) is 6.08 Å². The number of carbonyl (C=O) groups excluding carboxylic acids is 1. The van der Waals surface area contributed by atoms with E-state index in [2.05, 4.69) is 5.32 Å². The van der Waals surface area contributed by atoms with E-state index in [9.17, 15) is 13.2 Å². The summed E-state index contributed by atoms with van der Waals surface area (Å²) in [6, 6.07) is 5.39. The van der Waals surface area contributed by atoms with E-state index in [4.69, 9.17) is 9.47 Å². The first-order chi connectivity index (χ1) is 9.94. The molecule has 1 aromatic rings. The van der Waals surface area contributed by atoms with Crippen molar-refractivity contribution in [3.05, 3.63) is 29.8 Å². The molecule has 1 N–H and O–H groups in total. The van der Waals surface area contributed by atoms with Gasteiger partial charge in [0.05, 0.1) is 5.75 Å². The van der Waals surface area contributed by atoms with E-state index < -0.39 is 9.84 Å². The first kappa shape index (κ1) is 15.4. The highest BCUT2D eigenvalue weighted by atomic mass is 32.2. The molecule has 1 amide bonds. The molecule has 0 bridgehead atoms. The van der Waals surface area contributed by atoms with Crippen LogP contribution in [0, 0.1) is 0 Å². The van der Waals surface area contributed by atoms with Gasteiger partial charge in [0.1, 0.15) is 9.84 Å². The second-order valence-corrected chi connectivity index (χ2v) is 6.98. The smallest absolute Gasteiger partial charge is 0.243 e. The Morgan fingerprint density at radius 3 is 2.86 bits per heavy atom. The Kier molecular flexibility index (Phi) is 4.85. The maximum absolute atomic E-state index is 11.6. The number of sulfone groups is 1. The molecule has 0 aliphatic carbocycles. The molecule has 0 spiro atoms. The van der Waals surface area contributed by atoms with Crippen LogP contribution in [0.2, 0.25) is 0 Å². The van der Waals surface area contributed by atoms with Crippen molar-refractivity contribution in [2.24, 2.45) is 0 Å². The highest BCUT2D eigenvalue weighted by Gasteiger charge is 2.12. The quantitative estimate of drug-likeness (QED) is 0.625. The van der Waals surface area contributed by atoms with Crippen LogP contribution >= 0.6 is 0 Å². The third kappa shape index (κ3) is 5.11. The summed E-state index contributed by atoms with van der Waals surface area (Å²) in [5.41, 5.74) is 0.825. The minimum atomic E-state index is -2.98. The number of amides is 1. The van der Waals surface area contributed by atoms with Crippen LogP contribution in [0.15, 0.2) is 24.3 Å². The molecule has 1 aromatic carbocycles. The molecule has 2 rings (SSSR count). The maximum Gasteiger partial charge on any atom is 0.243 e. The lowest BCUT2D eigenvalue weighted by Crippen LogP contribution is -2.23. The average Bonchev–Trinajstić information content (AvgIpc) is 2.87. The van der Waals surface area contributed by atoms with E-state index in [1.807, 2.05) is 6.07 Å². The summed E-state index contributed by atoms with van der Waals surface area (Å²) in [6.07, 6.45) is 4.64. The summed E-state index contributed by atoms with van der Waals surface area (Å²) in [4.78, 5) is 11.6. The summed E-state index contributed by atoms with van der Waals surface area (Å²) >= 11 is 0. The van der Waals surface area contributed by atoms with Crippen molar-refractivity contribution in [1.82, 2.24) is 5.32 Å². The zero-order valence-electron chi connectivity index (χ0n) is 11.7. The van der Waals surface area contributed by atoms with Crippen LogP contribution in [-0.2, 0) is 14.6 Å². The zero-order valence-corrected chi connectivity index (χ0v) is 12.5. The van der Waals surface area contributed by atoms with Crippen LogP contribution in [0.5, 0.6) is 11.5 Å². The van der Waals surface area contributed by atoms with Gasteiger partial charge in [0, 0.05) is 18.9 Å². The summed E-state index contributed by atoms with van der Waals surface area (Å²) in [5, 5.41) is 2.63. The summed E-state index contributed by atoms with van der Waals surface area (Å²) < 4.78 is 32.3. The Hall–Kier alpha value is -2.02. The molecule has 0 radical (unpaired) electrons. The van der Waals surface area contributed by atoms with Crippen LogP contribution in [0.1, 0.15) is 12.0 Å². The van der Waals surface area contributed by atoms with Gasteiger partial charge in [-0.2, -0.15) is 0 Å². The van der Waals surface area contributed by atoms with Gasteiger partial charge in [-0.1, -0.05) is 6.07 Å². The van der Waals surface area contributed by atoms with Gasteiger partial charge in [0.15, 0.2) is 11.5 Å². The first-order valence-electron chi connectivity index (χ1n) is 6.47. The van der Waals surface area contributed by atoms with Crippen molar-refractivity contribution in [2.75, 3.05) is 25.3 Å². The van der Waals surface area contributed by atoms with Crippen molar-refractivity contribution >= 4 is 21.8 Å². The molecule has 0 aromatic heterocycles. The normalized spacial score (nSPS) is 13.6. The fraction of sp³-hybridized carbons (Fsp3) is 0.357. The number of rotatable bonds is 6. The SMILES string of the molecule is CS(=O)(=O)CCCNC(=O)/C=C/c1ccc2c(c1)OCO2. The largest absolute Gasteiger partial charge is 0.454 e. The second kappa shape index (κ2) is 6.62.